The van der Waals surface area contributed by atoms with E-state index in [1.807, 2.05) is 36.4 Å². The molecule has 7 nitrogen and oxygen atoms in total. The number of hydrogen-bond donors (Lipinski definition) is 1. The number of carbonyl (C=O) groups is 2. The zero-order chi connectivity index (χ0) is 21.1. The van der Waals surface area contributed by atoms with Crippen molar-refractivity contribution >= 4 is 28.9 Å². The Hall–Kier alpha value is -3.22. The summed E-state index contributed by atoms with van der Waals surface area (Å²) in [6.45, 7) is 7.45. The van der Waals surface area contributed by atoms with Crippen molar-refractivity contribution in [2.75, 3.05) is 48.0 Å². The summed E-state index contributed by atoms with van der Waals surface area (Å²) >= 11 is 0. The molecule has 1 N–H and O–H groups in total. The Bertz CT molecular complexity index is 925. The first-order chi connectivity index (χ1) is 14.6. The van der Waals surface area contributed by atoms with E-state index >= 15 is 0 Å². The highest BCUT2D eigenvalue weighted by Crippen LogP contribution is 2.36. The van der Waals surface area contributed by atoms with Gasteiger partial charge in [0.25, 0.3) is 0 Å². The molecule has 158 valence electrons. The fourth-order valence-electron chi connectivity index (χ4n) is 3.92. The lowest BCUT2D eigenvalue weighted by molar-refractivity contribution is -0.122. The highest BCUT2D eigenvalue weighted by molar-refractivity contribution is 6.03. The minimum atomic E-state index is -0.395. The van der Waals surface area contributed by atoms with Crippen LogP contribution in [0.4, 0.5) is 17.1 Å². The Balaban J connectivity index is 1.41. The number of nitrogens with one attached hydrogen (secondary N) is 1. The summed E-state index contributed by atoms with van der Waals surface area (Å²) in [5.74, 6) is 0.711. The molecule has 2 aliphatic rings. The lowest BCUT2D eigenvalue weighted by Gasteiger charge is -2.22. The van der Waals surface area contributed by atoms with Crippen molar-refractivity contribution in [1.82, 2.24) is 0 Å². The van der Waals surface area contributed by atoms with E-state index in [-0.39, 0.29) is 18.2 Å². The van der Waals surface area contributed by atoms with E-state index < -0.39 is 5.92 Å². The van der Waals surface area contributed by atoms with Crippen LogP contribution in [0.15, 0.2) is 42.5 Å². The number of carbonyl (C=O) groups excluding carboxylic acids is 2. The molecule has 1 unspecified atom stereocenters. The van der Waals surface area contributed by atoms with Crippen LogP contribution in [-0.4, -0.2) is 44.7 Å². The highest BCUT2D eigenvalue weighted by Gasteiger charge is 2.35. The van der Waals surface area contributed by atoms with E-state index in [0.29, 0.717) is 31.3 Å². The highest BCUT2D eigenvalue weighted by atomic mass is 16.6. The summed E-state index contributed by atoms with van der Waals surface area (Å²) in [4.78, 5) is 29.2. The zero-order valence-electron chi connectivity index (χ0n) is 17.4. The quantitative estimate of drug-likeness (QED) is 0.793. The third-order valence-corrected chi connectivity index (χ3v) is 5.60. The smallest absolute Gasteiger partial charge is 0.229 e. The average Bonchev–Trinajstić information content (AvgIpc) is 3.17. The minimum absolute atomic E-state index is 0.0660. The van der Waals surface area contributed by atoms with Gasteiger partial charge >= 0.3 is 0 Å². The first-order valence-corrected chi connectivity index (χ1v) is 10.4. The fourth-order valence-corrected chi connectivity index (χ4v) is 3.92. The monoisotopic (exact) mass is 409 g/mol. The van der Waals surface area contributed by atoms with Crippen LogP contribution in [0.3, 0.4) is 0 Å². The second-order valence-corrected chi connectivity index (χ2v) is 7.44. The van der Waals surface area contributed by atoms with Gasteiger partial charge < -0.3 is 24.6 Å². The van der Waals surface area contributed by atoms with Crippen molar-refractivity contribution in [1.29, 1.82) is 0 Å². The fraction of sp³-hybridized carbons (Fsp3) is 0.391. The number of anilines is 3. The molecule has 2 aromatic carbocycles. The molecule has 0 bridgehead atoms. The van der Waals surface area contributed by atoms with Crippen LogP contribution in [0.5, 0.6) is 11.5 Å². The van der Waals surface area contributed by atoms with Crippen LogP contribution in [0.1, 0.15) is 20.3 Å². The molecule has 0 radical (unpaired) electrons. The molecule has 4 rings (SSSR count). The molecule has 1 atom stereocenters. The van der Waals surface area contributed by atoms with Gasteiger partial charge in [0.2, 0.25) is 11.8 Å². The van der Waals surface area contributed by atoms with Gasteiger partial charge in [-0.2, -0.15) is 0 Å². The Morgan fingerprint density at radius 1 is 1.07 bits per heavy atom. The molecule has 0 spiro atoms. The van der Waals surface area contributed by atoms with Crippen molar-refractivity contribution in [2.45, 2.75) is 20.3 Å². The summed E-state index contributed by atoms with van der Waals surface area (Å²) in [5, 5.41) is 2.95. The lowest BCUT2D eigenvalue weighted by atomic mass is 10.1. The first-order valence-electron chi connectivity index (χ1n) is 10.4. The van der Waals surface area contributed by atoms with Gasteiger partial charge in [-0.3, -0.25) is 9.59 Å². The largest absolute Gasteiger partial charge is 0.486 e. The zero-order valence-corrected chi connectivity index (χ0v) is 17.4. The molecule has 0 aromatic heterocycles. The average molecular weight is 409 g/mol. The summed E-state index contributed by atoms with van der Waals surface area (Å²) < 4.78 is 11.1. The predicted octanol–water partition coefficient (Wildman–Crippen LogP) is 3.30. The Morgan fingerprint density at radius 2 is 1.77 bits per heavy atom. The van der Waals surface area contributed by atoms with E-state index in [9.17, 15) is 9.59 Å². The van der Waals surface area contributed by atoms with Crippen LogP contribution in [0, 0.1) is 5.92 Å². The Labute approximate surface area is 176 Å². The number of rotatable bonds is 6. The molecular formula is C23H27N3O4. The van der Waals surface area contributed by atoms with E-state index in [1.165, 1.54) is 0 Å². The Morgan fingerprint density at radius 3 is 2.47 bits per heavy atom. The van der Waals surface area contributed by atoms with E-state index in [4.69, 9.17) is 9.47 Å². The number of benzene rings is 2. The van der Waals surface area contributed by atoms with E-state index in [2.05, 4.69) is 24.1 Å². The van der Waals surface area contributed by atoms with Crippen molar-refractivity contribution in [3.8, 4) is 11.5 Å². The van der Waals surface area contributed by atoms with Crippen LogP contribution < -0.4 is 24.6 Å². The molecule has 1 fully saturated rings. The molecule has 2 amide bonds. The van der Waals surface area contributed by atoms with Crippen molar-refractivity contribution in [3.63, 3.8) is 0 Å². The lowest BCUT2D eigenvalue weighted by Crippen LogP contribution is -2.28. The van der Waals surface area contributed by atoms with E-state index in [0.717, 1.165) is 30.2 Å². The van der Waals surface area contributed by atoms with Crippen LogP contribution in [0.25, 0.3) is 0 Å². The topological polar surface area (TPSA) is 71.1 Å². The van der Waals surface area contributed by atoms with Crippen LogP contribution in [-0.2, 0) is 9.59 Å². The standard InChI is InChI=1S/C23H27N3O4/c1-3-25(4-2)18-7-5-17(6-8-18)24-23(28)16-13-22(27)26(15-16)19-9-10-20-21(14-19)30-12-11-29-20/h5-10,14,16H,3-4,11-13,15H2,1-2H3,(H,24,28). The van der Waals surface area contributed by atoms with E-state index in [1.54, 1.807) is 11.0 Å². The number of fused-ring (bicyclic) bond motifs is 1. The molecule has 2 aromatic rings. The maximum atomic E-state index is 12.8. The number of nitrogens with zero attached hydrogens (tertiary/aromatic N) is 2. The molecule has 1 saturated heterocycles. The SMILES string of the molecule is CCN(CC)c1ccc(NC(=O)C2CC(=O)N(c3ccc4c(c3)OCCO4)C2)cc1. The summed E-state index contributed by atoms with van der Waals surface area (Å²) in [7, 11) is 0. The minimum Gasteiger partial charge on any atom is -0.486 e. The van der Waals surface area contributed by atoms with Gasteiger partial charge in [-0.1, -0.05) is 0 Å². The van der Waals surface area contributed by atoms with Gasteiger partial charge in [-0.25, -0.2) is 0 Å². The van der Waals surface area contributed by atoms with Crippen LogP contribution >= 0.6 is 0 Å². The van der Waals surface area contributed by atoms with Gasteiger partial charge in [-0.15, -0.1) is 0 Å². The first kappa shape index (κ1) is 20.1. The number of amides is 2. The van der Waals surface area contributed by atoms with Crippen LogP contribution in [0.2, 0.25) is 0 Å². The van der Waals surface area contributed by atoms with Gasteiger partial charge in [-0.05, 0) is 50.2 Å². The molecule has 2 aliphatic heterocycles. The summed E-state index contributed by atoms with van der Waals surface area (Å²) in [5.41, 5.74) is 2.59. The number of ether oxygens (including phenoxy) is 2. The van der Waals surface area contributed by atoms with Crippen molar-refractivity contribution in [2.24, 2.45) is 5.92 Å². The molecule has 0 saturated carbocycles. The third-order valence-electron chi connectivity index (χ3n) is 5.60. The van der Waals surface area contributed by atoms with Crippen molar-refractivity contribution < 1.29 is 19.1 Å². The van der Waals surface area contributed by atoms with Gasteiger partial charge in [0, 0.05) is 49.2 Å². The Kier molecular flexibility index (Phi) is 5.79. The number of hydrogen-bond acceptors (Lipinski definition) is 5. The molecule has 0 aliphatic carbocycles. The molecule has 30 heavy (non-hydrogen) atoms. The summed E-state index contributed by atoms with van der Waals surface area (Å²) in [6.07, 6.45) is 0.192. The summed E-state index contributed by atoms with van der Waals surface area (Å²) in [6, 6.07) is 13.3. The van der Waals surface area contributed by atoms with Crippen molar-refractivity contribution in [3.05, 3.63) is 42.5 Å². The third kappa shape index (κ3) is 4.06. The maximum absolute atomic E-state index is 12.8. The molecule has 2 heterocycles. The second-order valence-electron chi connectivity index (χ2n) is 7.44. The predicted molar refractivity (Wildman–Crippen MR) is 117 cm³/mol. The van der Waals surface area contributed by atoms with Gasteiger partial charge in [0.05, 0.1) is 5.92 Å². The van der Waals surface area contributed by atoms with Gasteiger partial charge in [0.15, 0.2) is 11.5 Å². The molecular weight excluding hydrogens is 382 g/mol. The van der Waals surface area contributed by atoms with Gasteiger partial charge in [0.1, 0.15) is 13.2 Å². The molecule has 7 heteroatoms. The second kappa shape index (κ2) is 8.65. The maximum Gasteiger partial charge on any atom is 0.229 e. The normalized spacial score (nSPS) is 17.7.